The quantitative estimate of drug-likeness (QED) is 0.286. The molecule has 1 fully saturated rings. The maximum absolute atomic E-state index is 12.4. The molecule has 5 rings (SSSR count). The largest absolute Gasteiger partial charge is 0.392 e. The number of amides is 1. The first kappa shape index (κ1) is 26.4. The predicted molar refractivity (Wildman–Crippen MR) is 145 cm³/mol. The lowest BCUT2D eigenvalue weighted by molar-refractivity contribution is -0.252. The SMILES string of the molecule is O=C(NCc1ccc(C2OC(Cn3cnc(Cl)c3Cl)CC(c3ccc(CO)cc3)O2)cc1)c1ccccc1. The van der Waals surface area contributed by atoms with Crippen molar-refractivity contribution in [2.45, 2.75) is 44.6 Å². The Labute approximate surface area is 230 Å². The second kappa shape index (κ2) is 12.1. The van der Waals surface area contributed by atoms with E-state index in [1.807, 2.05) is 66.7 Å². The predicted octanol–water partition coefficient (Wildman–Crippen LogP) is 5.86. The highest BCUT2D eigenvalue weighted by atomic mass is 35.5. The number of nitrogens with zero attached hydrogens (tertiary/aromatic N) is 2. The fourth-order valence-electron chi connectivity index (χ4n) is 4.39. The average Bonchev–Trinajstić information content (AvgIpc) is 3.28. The number of halogens is 2. The van der Waals surface area contributed by atoms with E-state index in [2.05, 4.69) is 10.3 Å². The van der Waals surface area contributed by atoms with E-state index in [9.17, 15) is 9.90 Å². The number of rotatable bonds is 8. The zero-order valence-electron chi connectivity index (χ0n) is 20.5. The van der Waals surface area contributed by atoms with Crippen molar-refractivity contribution < 1.29 is 19.4 Å². The molecule has 4 aromatic rings. The van der Waals surface area contributed by atoms with Crippen molar-refractivity contribution in [2.24, 2.45) is 0 Å². The van der Waals surface area contributed by atoms with Crippen LogP contribution in [0.25, 0.3) is 0 Å². The Hall–Kier alpha value is -3.20. The lowest BCUT2D eigenvalue weighted by Gasteiger charge is -2.36. The first-order valence-corrected chi connectivity index (χ1v) is 13.0. The van der Waals surface area contributed by atoms with E-state index in [1.165, 1.54) is 0 Å². The molecule has 3 unspecified atom stereocenters. The second-order valence-corrected chi connectivity index (χ2v) is 9.84. The van der Waals surface area contributed by atoms with E-state index in [-0.39, 0.29) is 29.9 Å². The fourth-order valence-corrected chi connectivity index (χ4v) is 4.70. The van der Waals surface area contributed by atoms with Gasteiger partial charge in [0, 0.05) is 24.1 Å². The van der Waals surface area contributed by atoms with Gasteiger partial charge in [-0.2, -0.15) is 0 Å². The number of nitrogens with one attached hydrogen (secondary N) is 1. The lowest BCUT2D eigenvalue weighted by atomic mass is 10.00. The third-order valence-electron chi connectivity index (χ3n) is 6.49. The number of hydrogen-bond acceptors (Lipinski definition) is 5. The number of aliphatic hydroxyl groups is 1. The van der Waals surface area contributed by atoms with Gasteiger partial charge in [0.05, 0.1) is 31.7 Å². The van der Waals surface area contributed by atoms with Gasteiger partial charge >= 0.3 is 0 Å². The summed E-state index contributed by atoms with van der Waals surface area (Å²) in [7, 11) is 0. The van der Waals surface area contributed by atoms with Gasteiger partial charge in [0.1, 0.15) is 5.15 Å². The highest BCUT2D eigenvalue weighted by Crippen LogP contribution is 2.39. The molecule has 2 heterocycles. The Morgan fingerprint density at radius 2 is 1.63 bits per heavy atom. The number of carbonyl (C=O) groups excluding carboxylic acids is 1. The molecular formula is C29H27Cl2N3O4. The molecule has 0 aliphatic carbocycles. The minimum atomic E-state index is -0.609. The topological polar surface area (TPSA) is 85.6 Å². The van der Waals surface area contributed by atoms with Gasteiger partial charge in [0.25, 0.3) is 5.91 Å². The normalized spacial score (nSPS) is 19.3. The van der Waals surface area contributed by atoms with E-state index >= 15 is 0 Å². The van der Waals surface area contributed by atoms with Crippen molar-refractivity contribution in [2.75, 3.05) is 0 Å². The van der Waals surface area contributed by atoms with Gasteiger partial charge in [0.15, 0.2) is 11.4 Å². The Bertz CT molecular complexity index is 1360. The summed E-state index contributed by atoms with van der Waals surface area (Å²) in [5, 5.41) is 13.0. The Morgan fingerprint density at radius 1 is 0.947 bits per heavy atom. The molecule has 0 radical (unpaired) electrons. The molecule has 1 amide bonds. The summed E-state index contributed by atoms with van der Waals surface area (Å²) in [6.45, 7) is 0.855. The molecule has 9 heteroatoms. The lowest BCUT2D eigenvalue weighted by Crippen LogP contribution is -2.32. The second-order valence-electron chi connectivity index (χ2n) is 9.12. The molecule has 1 aliphatic heterocycles. The number of hydrogen-bond donors (Lipinski definition) is 2. The van der Waals surface area contributed by atoms with Crippen LogP contribution in [-0.2, 0) is 29.2 Å². The van der Waals surface area contributed by atoms with Crippen LogP contribution >= 0.6 is 23.2 Å². The monoisotopic (exact) mass is 551 g/mol. The summed E-state index contributed by atoms with van der Waals surface area (Å²) in [5.41, 5.74) is 4.27. The van der Waals surface area contributed by atoms with Gasteiger partial charge in [-0.3, -0.25) is 4.79 Å². The number of aliphatic hydroxyl groups excluding tert-OH is 1. The van der Waals surface area contributed by atoms with Crippen LogP contribution in [0.3, 0.4) is 0 Å². The van der Waals surface area contributed by atoms with Crippen LogP contribution in [-0.4, -0.2) is 26.7 Å². The maximum atomic E-state index is 12.4. The van der Waals surface area contributed by atoms with Crippen LogP contribution in [0.15, 0.2) is 85.2 Å². The molecule has 2 N–H and O–H groups in total. The van der Waals surface area contributed by atoms with Crippen molar-refractivity contribution in [1.29, 1.82) is 0 Å². The summed E-state index contributed by atoms with van der Waals surface area (Å²) in [6.07, 6.45) is 1.15. The highest BCUT2D eigenvalue weighted by Gasteiger charge is 2.32. The third kappa shape index (κ3) is 6.26. The molecule has 1 saturated heterocycles. The van der Waals surface area contributed by atoms with E-state index in [0.717, 1.165) is 22.3 Å². The molecule has 0 spiro atoms. The first-order chi connectivity index (χ1) is 18.5. The van der Waals surface area contributed by atoms with Crippen LogP contribution in [0.4, 0.5) is 0 Å². The molecule has 1 aromatic heterocycles. The first-order valence-electron chi connectivity index (χ1n) is 12.3. The Morgan fingerprint density at radius 3 is 2.29 bits per heavy atom. The van der Waals surface area contributed by atoms with Gasteiger partial charge in [-0.1, -0.05) is 89.9 Å². The van der Waals surface area contributed by atoms with Crippen molar-refractivity contribution in [3.8, 4) is 0 Å². The van der Waals surface area contributed by atoms with Gasteiger partial charge in [-0.05, 0) is 28.8 Å². The van der Waals surface area contributed by atoms with Crippen molar-refractivity contribution >= 4 is 29.1 Å². The van der Waals surface area contributed by atoms with Crippen molar-refractivity contribution in [3.63, 3.8) is 0 Å². The smallest absolute Gasteiger partial charge is 0.251 e. The zero-order chi connectivity index (χ0) is 26.5. The number of benzene rings is 3. The molecule has 7 nitrogen and oxygen atoms in total. The van der Waals surface area contributed by atoms with Gasteiger partial charge in [-0.15, -0.1) is 0 Å². The van der Waals surface area contributed by atoms with Crippen LogP contribution in [0.5, 0.6) is 0 Å². The number of imidazole rings is 1. The maximum Gasteiger partial charge on any atom is 0.251 e. The minimum absolute atomic E-state index is 0.0157. The van der Waals surface area contributed by atoms with Gasteiger partial charge < -0.3 is 24.5 Å². The van der Waals surface area contributed by atoms with E-state index < -0.39 is 6.29 Å². The third-order valence-corrected chi connectivity index (χ3v) is 7.26. The standard InChI is InChI=1S/C29H27Cl2N3O4/c30-26-27(31)34(18-33-26)16-24-14-25(21-10-8-20(17-35)9-11-21)38-29(37-24)23-12-6-19(7-13-23)15-32-28(36)22-4-2-1-3-5-22/h1-13,18,24-25,29,35H,14-17H2,(H,32,36). The fraction of sp³-hybridized carbons (Fsp3) is 0.241. The number of aromatic nitrogens is 2. The summed E-state index contributed by atoms with van der Waals surface area (Å²) in [5.74, 6) is -0.121. The highest BCUT2D eigenvalue weighted by molar-refractivity contribution is 6.40. The van der Waals surface area contributed by atoms with E-state index in [1.54, 1.807) is 23.0 Å². The summed E-state index contributed by atoms with van der Waals surface area (Å²) < 4.78 is 14.5. The van der Waals surface area contributed by atoms with Crippen molar-refractivity contribution in [3.05, 3.63) is 123 Å². The zero-order valence-corrected chi connectivity index (χ0v) is 22.0. The summed E-state index contributed by atoms with van der Waals surface area (Å²) in [6, 6.07) is 24.6. The summed E-state index contributed by atoms with van der Waals surface area (Å²) in [4.78, 5) is 16.4. The molecule has 1 aliphatic rings. The molecular weight excluding hydrogens is 525 g/mol. The Kier molecular flexibility index (Phi) is 8.42. The minimum Gasteiger partial charge on any atom is -0.392 e. The number of carbonyl (C=O) groups is 1. The molecule has 3 aromatic carbocycles. The molecule has 196 valence electrons. The summed E-state index contributed by atoms with van der Waals surface area (Å²) >= 11 is 12.3. The van der Waals surface area contributed by atoms with Gasteiger partial charge in [-0.25, -0.2) is 4.98 Å². The van der Waals surface area contributed by atoms with Crippen LogP contribution in [0, 0.1) is 0 Å². The van der Waals surface area contributed by atoms with Crippen LogP contribution in [0.1, 0.15) is 51.4 Å². The van der Waals surface area contributed by atoms with E-state index in [0.29, 0.717) is 30.2 Å². The molecule has 38 heavy (non-hydrogen) atoms. The molecule has 0 bridgehead atoms. The number of ether oxygens (including phenoxy) is 2. The molecule has 3 atom stereocenters. The van der Waals surface area contributed by atoms with Gasteiger partial charge in [0.2, 0.25) is 0 Å². The van der Waals surface area contributed by atoms with Crippen LogP contribution in [0.2, 0.25) is 10.3 Å². The van der Waals surface area contributed by atoms with E-state index in [4.69, 9.17) is 32.7 Å². The van der Waals surface area contributed by atoms with Crippen molar-refractivity contribution in [1.82, 2.24) is 14.9 Å². The van der Waals surface area contributed by atoms with Crippen LogP contribution < -0.4 is 5.32 Å². The molecule has 0 saturated carbocycles. The average molecular weight is 552 g/mol. The Balaban J connectivity index is 1.30.